The first-order valence-corrected chi connectivity index (χ1v) is 9.05. The molecule has 0 saturated carbocycles. The summed E-state index contributed by atoms with van der Waals surface area (Å²) in [4.78, 5) is 22.9. The number of Topliss-reactive ketones (excluding diaryl/α,β-unsaturated/α-hetero) is 1. The van der Waals surface area contributed by atoms with Gasteiger partial charge in [0.25, 0.3) is 0 Å². The van der Waals surface area contributed by atoms with Crippen LogP contribution in [0.15, 0.2) is 59.6 Å². The van der Waals surface area contributed by atoms with Gasteiger partial charge in [0.15, 0.2) is 5.78 Å². The highest BCUT2D eigenvalue weighted by molar-refractivity contribution is 7.10. The molecule has 6 nitrogen and oxygen atoms in total. The van der Waals surface area contributed by atoms with Crippen LogP contribution >= 0.6 is 11.3 Å². The molecular weight excluding hydrogens is 334 g/mol. The predicted molar refractivity (Wildman–Crippen MR) is 94.3 cm³/mol. The van der Waals surface area contributed by atoms with Gasteiger partial charge in [-0.05, 0) is 29.5 Å². The Kier molecular flexibility index (Phi) is 3.27. The van der Waals surface area contributed by atoms with E-state index in [0.29, 0.717) is 12.4 Å². The lowest BCUT2D eigenvalue weighted by Crippen LogP contribution is -2.33. The van der Waals surface area contributed by atoms with E-state index in [1.165, 1.54) is 11.2 Å². The summed E-state index contributed by atoms with van der Waals surface area (Å²) in [6, 6.07) is 7.75. The van der Waals surface area contributed by atoms with Gasteiger partial charge in [-0.25, -0.2) is 4.68 Å². The summed E-state index contributed by atoms with van der Waals surface area (Å²) in [7, 11) is 0. The second kappa shape index (κ2) is 5.63. The van der Waals surface area contributed by atoms with Gasteiger partial charge in [0.1, 0.15) is 12.4 Å². The van der Waals surface area contributed by atoms with Crippen molar-refractivity contribution < 1.29 is 4.79 Å². The smallest absolute Gasteiger partial charge is 0.226 e. The molecule has 5 rings (SSSR count). The Bertz CT molecular complexity index is 961. The van der Waals surface area contributed by atoms with Gasteiger partial charge >= 0.3 is 0 Å². The molecule has 0 bridgehead atoms. The Hall–Kier alpha value is -2.80. The fraction of sp³-hybridized carbons (Fsp3) is 0.222. The van der Waals surface area contributed by atoms with E-state index in [-0.39, 0.29) is 17.7 Å². The molecule has 4 heterocycles. The highest BCUT2D eigenvalue weighted by Crippen LogP contribution is 2.44. The minimum Gasteiger partial charge on any atom is -0.328 e. The first-order valence-electron chi connectivity index (χ1n) is 8.17. The molecule has 0 radical (unpaired) electrons. The average molecular weight is 349 g/mol. The SMILES string of the molecule is O=C1CC(c2cccs2)CC2=C1C(c1cccnc1)n1ncnc1N2. The zero-order valence-electron chi connectivity index (χ0n) is 13.3. The maximum Gasteiger partial charge on any atom is 0.226 e. The summed E-state index contributed by atoms with van der Waals surface area (Å²) < 4.78 is 1.78. The van der Waals surface area contributed by atoms with Crippen molar-refractivity contribution in [3.05, 3.63) is 70.1 Å². The summed E-state index contributed by atoms with van der Waals surface area (Å²) in [6.07, 6.45) is 6.39. The van der Waals surface area contributed by atoms with E-state index >= 15 is 0 Å². The third kappa shape index (κ3) is 2.31. The fourth-order valence-electron chi connectivity index (χ4n) is 3.72. The Morgan fingerprint density at radius 1 is 1.24 bits per heavy atom. The topological polar surface area (TPSA) is 72.7 Å². The minimum absolute atomic E-state index is 0.169. The number of rotatable bonds is 2. The van der Waals surface area contributed by atoms with Gasteiger partial charge in [-0.3, -0.25) is 9.78 Å². The van der Waals surface area contributed by atoms with E-state index in [1.807, 2.05) is 18.2 Å². The van der Waals surface area contributed by atoms with Gasteiger partial charge in [0.05, 0.1) is 0 Å². The number of allylic oxidation sites excluding steroid dienone is 2. The molecule has 0 spiro atoms. The molecule has 1 N–H and O–H groups in total. The Balaban J connectivity index is 1.63. The molecule has 0 fully saturated rings. The summed E-state index contributed by atoms with van der Waals surface area (Å²) in [5.74, 6) is 1.07. The molecular formula is C18H15N5OS. The number of carbonyl (C=O) groups excluding carboxylic acids is 1. The van der Waals surface area contributed by atoms with E-state index in [2.05, 4.69) is 31.8 Å². The lowest BCUT2D eigenvalue weighted by Gasteiger charge is -2.34. The van der Waals surface area contributed by atoms with Crippen molar-refractivity contribution in [2.24, 2.45) is 0 Å². The fourth-order valence-corrected chi connectivity index (χ4v) is 4.55. The quantitative estimate of drug-likeness (QED) is 0.769. The van der Waals surface area contributed by atoms with Crippen molar-refractivity contribution in [1.29, 1.82) is 0 Å². The molecule has 2 unspecified atom stereocenters. The molecule has 2 atom stereocenters. The van der Waals surface area contributed by atoms with E-state index in [0.717, 1.165) is 23.3 Å². The van der Waals surface area contributed by atoms with Crippen LogP contribution in [0.5, 0.6) is 0 Å². The molecule has 1 aliphatic heterocycles. The van der Waals surface area contributed by atoms with Gasteiger partial charge in [-0.2, -0.15) is 10.1 Å². The van der Waals surface area contributed by atoms with E-state index in [4.69, 9.17) is 0 Å². The van der Waals surface area contributed by atoms with Crippen LogP contribution in [-0.4, -0.2) is 25.5 Å². The molecule has 7 heteroatoms. The van der Waals surface area contributed by atoms with Gasteiger partial charge in [-0.15, -0.1) is 11.3 Å². The molecule has 25 heavy (non-hydrogen) atoms. The van der Waals surface area contributed by atoms with Crippen LogP contribution in [0.25, 0.3) is 0 Å². The number of ketones is 1. The molecule has 124 valence electrons. The van der Waals surface area contributed by atoms with Crippen molar-refractivity contribution >= 4 is 23.1 Å². The number of thiophene rings is 1. The number of hydrogen-bond acceptors (Lipinski definition) is 6. The second-order valence-electron chi connectivity index (χ2n) is 6.28. The van der Waals surface area contributed by atoms with Crippen LogP contribution in [0.4, 0.5) is 5.95 Å². The number of nitrogens with zero attached hydrogens (tertiary/aromatic N) is 4. The molecule has 3 aromatic heterocycles. The van der Waals surface area contributed by atoms with E-state index in [1.54, 1.807) is 28.4 Å². The first-order chi connectivity index (χ1) is 12.3. The zero-order chi connectivity index (χ0) is 16.8. The van der Waals surface area contributed by atoms with Crippen LogP contribution < -0.4 is 5.32 Å². The Morgan fingerprint density at radius 3 is 3.00 bits per heavy atom. The van der Waals surface area contributed by atoms with Crippen LogP contribution in [0.1, 0.15) is 35.2 Å². The van der Waals surface area contributed by atoms with Crippen molar-refractivity contribution in [2.75, 3.05) is 5.32 Å². The predicted octanol–water partition coefficient (Wildman–Crippen LogP) is 3.15. The molecule has 0 saturated heterocycles. The van der Waals surface area contributed by atoms with Crippen LogP contribution in [0, 0.1) is 0 Å². The van der Waals surface area contributed by atoms with Crippen LogP contribution in [-0.2, 0) is 4.79 Å². The number of anilines is 1. The Labute approximate surface area is 148 Å². The zero-order valence-corrected chi connectivity index (χ0v) is 14.1. The number of aromatic nitrogens is 4. The molecule has 3 aromatic rings. The third-order valence-electron chi connectivity index (χ3n) is 4.81. The monoisotopic (exact) mass is 349 g/mol. The van der Waals surface area contributed by atoms with E-state index in [9.17, 15) is 4.79 Å². The van der Waals surface area contributed by atoms with Crippen molar-refractivity contribution in [3.8, 4) is 0 Å². The van der Waals surface area contributed by atoms with Crippen LogP contribution in [0.3, 0.4) is 0 Å². The largest absolute Gasteiger partial charge is 0.328 e. The van der Waals surface area contributed by atoms with Gasteiger partial charge in [0, 0.05) is 40.9 Å². The number of hydrogen-bond donors (Lipinski definition) is 1. The number of carbonyl (C=O) groups is 1. The first kappa shape index (κ1) is 14.5. The average Bonchev–Trinajstić information content (AvgIpc) is 3.32. The molecule has 0 amide bonds. The highest BCUT2D eigenvalue weighted by Gasteiger charge is 2.39. The third-order valence-corrected chi connectivity index (χ3v) is 5.84. The van der Waals surface area contributed by atoms with Crippen LogP contribution in [0.2, 0.25) is 0 Å². The maximum atomic E-state index is 13.1. The highest BCUT2D eigenvalue weighted by atomic mass is 32.1. The summed E-state index contributed by atoms with van der Waals surface area (Å²) in [5, 5.41) is 9.74. The van der Waals surface area contributed by atoms with Gasteiger partial charge in [0.2, 0.25) is 5.95 Å². The lowest BCUT2D eigenvalue weighted by atomic mass is 9.80. The lowest BCUT2D eigenvalue weighted by molar-refractivity contribution is -0.116. The van der Waals surface area contributed by atoms with Crippen molar-refractivity contribution in [2.45, 2.75) is 24.8 Å². The summed E-state index contributed by atoms with van der Waals surface area (Å²) >= 11 is 1.71. The van der Waals surface area contributed by atoms with Gasteiger partial charge < -0.3 is 5.32 Å². The molecule has 0 aromatic carbocycles. The van der Waals surface area contributed by atoms with Crippen molar-refractivity contribution in [1.82, 2.24) is 19.7 Å². The number of nitrogens with one attached hydrogen (secondary N) is 1. The molecule has 2 aliphatic rings. The maximum absolute atomic E-state index is 13.1. The van der Waals surface area contributed by atoms with E-state index < -0.39 is 0 Å². The number of pyridine rings is 1. The minimum atomic E-state index is -0.265. The van der Waals surface area contributed by atoms with Gasteiger partial charge in [-0.1, -0.05) is 12.1 Å². The van der Waals surface area contributed by atoms with Crippen molar-refractivity contribution in [3.63, 3.8) is 0 Å². The molecule has 1 aliphatic carbocycles. The summed E-state index contributed by atoms with van der Waals surface area (Å²) in [5.41, 5.74) is 2.70. The number of fused-ring (bicyclic) bond motifs is 1. The normalized spacial score (nSPS) is 22.3. The summed E-state index contributed by atoms with van der Waals surface area (Å²) in [6.45, 7) is 0. The second-order valence-corrected chi connectivity index (χ2v) is 7.26. The standard InChI is InChI=1S/C18H15N5OS/c24-14-8-12(15-4-2-6-25-15)7-13-16(14)17(11-3-1-5-19-9-11)23-18(22-13)20-10-21-23/h1-6,9-10,12,17H,7-8H2,(H,20,21,22). The Morgan fingerprint density at radius 2 is 2.20 bits per heavy atom.